The first kappa shape index (κ1) is 12.8. The number of methoxy groups -OCH3 is 1. The summed E-state index contributed by atoms with van der Waals surface area (Å²) in [4.78, 5) is 0. The molecule has 0 spiro atoms. The molecule has 1 rings (SSSR count). The van der Waals surface area contributed by atoms with Crippen LogP contribution in [0.4, 0.5) is 0 Å². The molecule has 0 heterocycles. The molecule has 0 unspecified atom stereocenters. The summed E-state index contributed by atoms with van der Waals surface area (Å²) in [7, 11) is 1.65. The molecular weight excluding hydrogens is 202 g/mol. The van der Waals surface area contributed by atoms with E-state index in [2.05, 4.69) is 6.92 Å². The smallest absolute Gasteiger partial charge is 0.161 e. The summed E-state index contributed by atoms with van der Waals surface area (Å²) in [5.41, 5.74) is 6.62. The fourth-order valence-corrected chi connectivity index (χ4v) is 1.49. The van der Waals surface area contributed by atoms with E-state index >= 15 is 0 Å². The molecule has 0 aliphatic rings. The van der Waals surface area contributed by atoms with Crippen LogP contribution in [0.15, 0.2) is 18.2 Å². The average molecular weight is 223 g/mol. The van der Waals surface area contributed by atoms with Crippen molar-refractivity contribution in [2.45, 2.75) is 32.7 Å². The molecule has 0 radical (unpaired) electrons. The normalized spacial score (nSPS) is 10.2. The van der Waals surface area contributed by atoms with Gasteiger partial charge in [-0.3, -0.25) is 0 Å². The zero-order chi connectivity index (χ0) is 11.8. The van der Waals surface area contributed by atoms with E-state index in [9.17, 15) is 0 Å². The van der Waals surface area contributed by atoms with Gasteiger partial charge in [-0.15, -0.1) is 0 Å². The molecule has 1 aromatic rings. The van der Waals surface area contributed by atoms with Crippen LogP contribution in [0, 0.1) is 0 Å². The van der Waals surface area contributed by atoms with Crippen LogP contribution in [0.3, 0.4) is 0 Å². The summed E-state index contributed by atoms with van der Waals surface area (Å²) in [6, 6.07) is 5.82. The largest absolute Gasteiger partial charge is 0.493 e. The molecular formula is C13H21NO2. The maximum absolute atomic E-state index is 5.66. The third-order valence-electron chi connectivity index (χ3n) is 2.47. The molecule has 2 N–H and O–H groups in total. The Morgan fingerprint density at radius 2 is 2.00 bits per heavy atom. The SMILES string of the molecule is CCCCCOc1ccc(CN)cc1OC. The van der Waals surface area contributed by atoms with Crippen LogP contribution in [-0.2, 0) is 6.54 Å². The molecule has 0 aliphatic carbocycles. The molecule has 0 bridgehead atoms. The van der Waals surface area contributed by atoms with Gasteiger partial charge >= 0.3 is 0 Å². The van der Waals surface area contributed by atoms with Crippen molar-refractivity contribution in [1.82, 2.24) is 0 Å². The molecule has 0 aliphatic heterocycles. The van der Waals surface area contributed by atoms with E-state index in [-0.39, 0.29) is 0 Å². The summed E-state index contributed by atoms with van der Waals surface area (Å²) in [6.45, 7) is 3.44. The third-order valence-corrected chi connectivity index (χ3v) is 2.47. The van der Waals surface area contributed by atoms with E-state index in [1.165, 1.54) is 12.8 Å². The lowest BCUT2D eigenvalue weighted by Gasteiger charge is -2.11. The molecule has 16 heavy (non-hydrogen) atoms. The van der Waals surface area contributed by atoms with Crippen LogP contribution in [0.1, 0.15) is 31.7 Å². The van der Waals surface area contributed by atoms with Crippen molar-refractivity contribution < 1.29 is 9.47 Å². The van der Waals surface area contributed by atoms with E-state index < -0.39 is 0 Å². The monoisotopic (exact) mass is 223 g/mol. The van der Waals surface area contributed by atoms with Gasteiger partial charge in [0, 0.05) is 6.54 Å². The second-order valence-electron chi connectivity index (χ2n) is 3.74. The van der Waals surface area contributed by atoms with E-state index in [1.54, 1.807) is 7.11 Å². The van der Waals surface area contributed by atoms with Crippen LogP contribution < -0.4 is 15.2 Å². The van der Waals surface area contributed by atoms with Crippen molar-refractivity contribution in [2.75, 3.05) is 13.7 Å². The standard InChI is InChI=1S/C13H21NO2/c1-3-4-5-8-16-12-7-6-11(10-14)9-13(12)15-2/h6-7,9H,3-5,8,10,14H2,1-2H3. The minimum Gasteiger partial charge on any atom is -0.493 e. The highest BCUT2D eigenvalue weighted by atomic mass is 16.5. The van der Waals surface area contributed by atoms with Gasteiger partial charge in [-0.2, -0.15) is 0 Å². The lowest BCUT2D eigenvalue weighted by atomic mass is 10.2. The average Bonchev–Trinajstić information content (AvgIpc) is 2.34. The molecule has 0 atom stereocenters. The highest BCUT2D eigenvalue weighted by Crippen LogP contribution is 2.28. The second-order valence-corrected chi connectivity index (χ2v) is 3.74. The molecule has 3 heteroatoms. The van der Waals surface area contributed by atoms with Gasteiger partial charge < -0.3 is 15.2 Å². The number of nitrogens with two attached hydrogens (primary N) is 1. The maximum atomic E-state index is 5.66. The highest BCUT2D eigenvalue weighted by molar-refractivity contribution is 5.42. The van der Waals surface area contributed by atoms with Gasteiger partial charge in [-0.05, 0) is 24.1 Å². The Hall–Kier alpha value is -1.22. The Morgan fingerprint density at radius 1 is 1.19 bits per heavy atom. The van der Waals surface area contributed by atoms with Gasteiger partial charge in [-0.1, -0.05) is 25.8 Å². The first-order chi connectivity index (χ1) is 7.81. The van der Waals surface area contributed by atoms with Gasteiger partial charge in [0.1, 0.15) is 0 Å². The van der Waals surface area contributed by atoms with Gasteiger partial charge in [0.15, 0.2) is 11.5 Å². The summed E-state index contributed by atoms with van der Waals surface area (Å²) >= 11 is 0. The van der Waals surface area contributed by atoms with Gasteiger partial charge in [-0.25, -0.2) is 0 Å². The Balaban J connectivity index is 2.57. The highest BCUT2D eigenvalue weighted by Gasteiger charge is 2.04. The molecule has 0 saturated heterocycles. The van der Waals surface area contributed by atoms with Gasteiger partial charge in [0.05, 0.1) is 13.7 Å². The lowest BCUT2D eigenvalue weighted by molar-refractivity contribution is 0.286. The molecule has 0 amide bonds. The minimum absolute atomic E-state index is 0.520. The second kappa shape index (κ2) is 7.12. The van der Waals surface area contributed by atoms with Crippen LogP contribution in [0.5, 0.6) is 11.5 Å². The summed E-state index contributed by atoms with van der Waals surface area (Å²) in [5, 5.41) is 0. The van der Waals surface area contributed by atoms with Crippen molar-refractivity contribution in [2.24, 2.45) is 5.73 Å². The molecule has 0 aromatic heterocycles. The van der Waals surface area contributed by atoms with Gasteiger partial charge in [0.2, 0.25) is 0 Å². The lowest BCUT2D eigenvalue weighted by Crippen LogP contribution is -2.01. The summed E-state index contributed by atoms with van der Waals surface area (Å²) in [5.74, 6) is 1.57. The number of benzene rings is 1. The molecule has 0 saturated carbocycles. The van der Waals surface area contributed by atoms with Crippen molar-refractivity contribution in [3.63, 3.8) is 0 Å². The topological polar surface area (TPSA) is 44.5 Å². The van der Waals surface area contributed by atoms with Crippen molar-refractivity contribution in [3.8, 4) is 11.5 Å². The van der Waals surface area contributed by atoms with E-state index in [0.717, 1.165) is 30.1 Å². The van der Waals surface area contributed by atoms with Crippen LogP contribution in [-0.4, -0.2) is 13.7 Å². The zero-order valence-electron chi connectivity index (χ0n) is 10.2. The Labute approximate surface area is 97.6 Å². The first-order valence-corrected chi connectivity index (χ1v) is 5.81. The van der Waals surface area contributed by atoms with E-state index in [4.69, 9.17) is 15.2 Å². The molecule has 3 nitrogen and oxygen atoms in total. The molecule has 90 valence electrons. The Kier molecular flexibility index (Phi) is 5.72. The maximum Gasteiger partial charge on any atom is 0.161 e. The fourth-order valence-electron chi connectivity index (χ4n) is 1.49. The Bertz CT molecular complexity index is 313. The molecule has 1 aromatic carbocycles. The zero-order valence-corrected chi connectivity index (χ0v) is 10.2. The van der Waals surface area contributed by atoms with Crippen molar-refractivity contribution >= 4 is 0 Å². The van der Waals surface area contributed by atoms with Crippen molar-refractivity contribution in [3.05, 3.63) is 23.8 Å². The Morgan fingerprint density at radius 3 is 2.62 bits per heavy atom. The number of unbranched alkanes of at least 4 members (excludes halogenated alkanes) is 2. The minimum atomic E-state index is 0.520. The fraction of sp³-hybridized carbons (Fsp3) is 0.538. The van der Waals surface area contributed by atoms with Crippen molar-refractivity contribution in [1.29, 1.82) is 0 Å². The van der Waals surface area contributed by atoms with Crippen LogP contribution in [0.2, 0.25) is 0 Å². The van der Waals surface area contributed by atoms with E-state index in [0.29, 0.717) is 6.54 Å². The quantitative estimate of drug-likeness (QED) is 0.723. The summed E-state index contributed by atoms with van der Waals surface area (Å²) < 4.78 is 10.9. The number of hydrogen-bond acceptors (Lipinski definition) is 3. The predicted octanol–water partition coefficient (Wildman–Crippen LogP) is 2.72. The third kappa shape index (κ3) is 3.74. The van der Waals surface area contributed by atoms with E-state index in [1.807, 2.05) is 18.2 Å². The number of hydrogen-bond donors (Lipinski definition) is 1. The number of ether oxygens (including phenoxy) is 2. The summed E-state index contributed by atoms with van der Waals surface area (Å²) in [6.07, 6.45) is 3.48. The predicted molar refractivity (Wildman–Crippen MR) is 65.9 cm³/mol. The number of rotatable bonds is 7. The van der Waals surface area contributed by atoms with Crippen LogP contribution in [0.25, 0.3) is 0 Å². The first-order valence-electron chi connectivity index (χ1n) is 5.81. The van der Waals surface area contributed by atoms with Crippen LogP contribution >= 0.6 is 0 Å². The van der Waals surface area contributed by atoms with Gasteiger partial charge in [0.25, 0.3) is 0 Å². The molecule has 0 fully saturated rings.